The van der Waals surface area contributed by atoms with Gasteiger partial charge < -0.3 is 9.64 Å². The molecule has 0 spiro atoms. The number of methoxy groups -OCH3 is 1. The van der Waals surface area contributed by atoms with Gasteiger partial charge in [0.2, 0.25) is 5.91 Å². The standard InChI is InChI=1S/C19H22N2O2S/c1-23-18-5-3-2-4-17(18)15-8-12-21(13-9-15)19(22)14-24-16-6-10-20-11-7-16/h2-7,10-11,15H,8-9,12-14H2,1H3. The highest BCUT2D eigenvalue weighted by atomic mass is 32.2. The fourth-order valence-electron chi connectivity index (χ4n) is 3.11. The molecule has 0 radical (unpaired) electrons. The van der Waals surface area contributed by atoms with Crippen LogP contribution < -0.4 is 4.74 Å². The SMILES string of the molecule is COc1ccccc1C1CCN(C(=O)CSc2ccncc2)CC1. The molecule has 0 aliphatic carbocycles. The number of hydrogen-bond donors (Lipinski definition) is 0. The van der Waals surface area contributed by atoms with E-state index in [4.69, 9.17) is 4.74 Å². The number of ether oxygens (including phenoxy) is 1. The Labute approximate surface area is 147 Å². The molecule has 1 fully saturated rings. The second kappa shape index (κ2) is 8.20. The van der Waals surface area contributed by atoms with E-state index in [0.29, 0.717) is 11.7 Å². The van der Waals surface area contributed by atoms with Crippen molar-refractivity contribution in [1.29, 1.82) is 0 Å². The lowest BCUT2D eigenvalue weighted by molar-refractivity contribution is -0.129. The summed E-state index contributed by atoms with van der Waals surface area (Å²) < 4.78 is 5.47. The topological polar surface area (TPSA) is 42.4 Å². The molecule has 2 heterocycles. The summed E-state index contributed by atoms with van der Waals surface area (Å²) in [7, 11) is 1.72. The lowest BCUT2D eigenvalue weighted by Crippen LogP contribution is -2.39. The molecular weight excluding hydrogens is 320 g/mol. The third-order valence-corrected chi connectivity index (χ3v) is 5.44. The van der Waals surface area contributed by atoms with Crippen LogP contribution in [0.1, 0.15) is 24.3 Å². The second-order valence-electron chi connectivity index (χ2n) is 5.87. The van der Waals surface area contributed by atoms with Gasteiger partial charge in [-0.15, -0.1) is 11.8 Å². The molecule has 1 aliphatic heterocycles. The van der Waals surface area contributed by atoms with Crippen molar-refractivity contribution in [3.8, 4) is 5.75 Å². The first kappa shape index (κ1) is 16.8. The average Bonchev–Trinajstić information content (AvgIpc) is 2.67. The quantitative estimate of drug-likeness (QED) is 0.779. The molecule has 1 aromatic carbocycles. The molecule has 1 aromatic heterocycles. The van der Waals surface area contributed by atoms with Gasteiger partial charge in [0.05, 0.1) is 12.9 Å². The van der Waals surface area contributed by atoms with Gasteiger partial charge in [-0.25, -0.2) is 0 Å². The largest absolute Gasteiger partial charge is 0.496 e. The van der Waals surface area contributed by atoms with Crippen LogP contribution >= 0.6 is 11.8 Å². The molecule has 24 heavy (non-hydrogen) atoms. The summed E-state index contributed by atoms with van der Waals surface area (Å²) >= 11 is 1.57. The van der Waals surface area contributed by atoms with Crippen LogP contribution in [0.25, 0.3) is 0 Å². The number of para-hydroxylation sites is 1. The molecule has 0 unspecified atom stereocenters. The first-order chi connectivity index (χ1) is 11.8. The predicted octanol–water partition coefficient (Wildman–Crippen LogP) is 3.59. The lowest BCUT2D eigenvalue weighted by atomic mass is 9.89. The summed E-state index contributed by atoms with van der Waals surface area (Å²) in [5.74, 6) is 2.13. The Kier molecular flexibility index (Phi) is 5.75. The number of thioether (sulfide) groups is 1. The Morgan fingerprint density at radius 2 is 1.92 bits per heavy atom. The fourth-order valence-corrected chi connectivity index (χ4v) is 3.90. The summed E-state index contributed by atoms with van der Waals surface area (Å²) in [6.45, 7) is 1.64. The van der Waals surface area contributed by atoms with E-state index in [-0.39, 0.29) is 5.91 Å². The van der Waals surface area contributed by atoms with Crippen LogP contribution in [0.4, 0.5) is 0 Å². The zero-order valence-corrected chi connectivity index (χ0v) is 14.7. The maximum Gasteiger partial charge on any atom is 0.232 e. The highest BCUT2D eigenvalue weighted by Gasteiger charge is 2.25. The van der Waals surface area contributed by atoms with Crippen molar-refractivity contribution in [2.24, 2.45) is 0 Å². The van der Waals surface area contributed by atoms with Gasteiger partial charge in [-0.1, -0.05) is 18.2 Å². The van der Waals surface area contributed by atoms with E-state index in [2.05, 4.69) is 17.1 Å². The molecule has 4 nitrogen and oxygen atoms in total. The third kappa shape index (κ3) is 4.09. The van der Waals surface area contributed by atoms with Gasteiger partial charge in [0, 0.05) is 30.4 Å². The van der Waals surface area contributed by atoms with Crippen LogP contribution in [0.15, 0.2) is 53.7 Å². The van der Waals surface area contributed by atoms with Gasteiger partial charge in [0.15, 0.2) is 0 Å². The van der Waals surface area contributed by atoms with Crippen molar-refractivity contribution in [3.63, 3.8) is 0 Å². The molecule has 0 bridgehead atoms. The highest BCUT2D eigenvalue weighted by molar-refractivity contribution is 8.00. The molecule has 0 atom stereocenters. The number of carbonyl (C=O) groups excluding carboxylic acids is 1. The molecule has 0 saturated carbocycles. The van der Waals surface area contributed by atoms with Crippen LogP contribution in [0, 0.1) is 0 Å². The zero-order chi connectivity index (χ0) is 16.8. The molecule has 0 N–H and O–H groups in total. The third-order valence-electron chi connectivity index (χ3n) is 4.44. The van der Waals surface area contributed by atoms with Gasteiger partial charge in [-0.2, -0.15) is 0 Å². The Bertz CT molecular complexity index is 670. The molecule has 3 rings (SSSR count). The summed E-state index contributed by atoms with van der Waals surface area (Å²) in [6.07, 6.45) is 5.50. The van der Waals surface area contributed by atoms with Crippen molar-refractivity contribution in [3.05, 3.63) is 54.4 Å². The van der Waals surface area contributed by atoms with E-state index in [9.17, 15) is 4.79 Å². The summed E-state index contributed by atoms with van der Waals surface area (Å²) in [5.41, 5.74) is 1.26. The predicted molar refractivity (Wildman–Crippen MR) is 96.5 cm³/mol. The van der Waals surface area contributed by atoms with E-state index >= 15 is 0 Å². The summed E-state index contributed by atoms with van der Waals surface area (Å²) in [6, 6.07) is 12.1. The number of pyridine rings is 1. The van der Waals surface area contributed by atoms with Gasteiger partial charge in [-0.05, 0) is 42.5 Å². The van der Waals surface area contributed by atoms with Crippen LogP contribution in [0.3, 0.4) is 0 Å². The van der Waals surface area contributed by atoms with Crippen LogP contribution in [-0.4, -0.2) is 41.7 Å². The second-order valence-corrected chi connectivity index (χ2v) is 6.92. The minimum Gasteiger partial charge on any atom is -0.496 e. The number of hydrogen-bond acceptors (Lipinski definition) is 4. The number of aromatic nitrogens is 1. The first-order valence-electron chi connectivity index (χ1n) is 8.21. The summed E-state index contributed by atoms with van der Waals surface area (Å²) in [4.78, 5) is 19.5. The van der Waals surface area contributed by atoms with E-state index in [0.717, 1.165) is 36.6 Å². The van der Waals surface area contributed by atoms with Gasteiger partial charge in [-0.3, -0.25) is 9.78 Å². The Hall–Kier alpha value is -2.01. The van der Waals surface area contributed by atoms with Crippen LogP contribution in [-0.2, 0) is 4.79 Å². The Balaban J connectivity index is 1.52. The normalized spacial score (nSPS) is 15.3. The maximum atomic E-state index is 12.4. The first-order valence-corrected chi connectivity index (χ1v) is 9.20. The van der Waals surface area contributed by atoms with Crippen molar-refractivity contribution < 1.29 is 9.53 Å². The number of rotatable bonds is 5. The number of nitrogens with zero attached hydrogens (tertiary/aromatic N) is 2. The number of amides is 1. The number of benzene rings is 1. The average molecular weight is 342 g/mol. The minimum absolute atomic E-state index is 0.218. The van der Waals surface area contributed by atoms with Crippen molar-refractivity contribution in [2.75, 3.05) is 26.0 Å². The Morgan fingerprint density at radius 3 is 2.62 bits per heavy atom. The number of carbonyl (C=O) groups is 1. The van der Waals surface area contributed by atoms with Crippen molar-refractivity contribution in [1.82, 2.24) is 9.88 Å². The van der Waals surface area contributed by atoms with E-state index in [1.807, 2.05) is 29.2 Å². The molecule has 1 amide bonds. The number of likely N-dealkylation sites (tertiary alicyclic amines) is 1. The van der Waals surface area contributed by atoms with Crippen LogP contribution in [0.5, 0.6) is 5.75 Å². The molecule has 1 aliphatic rings. The van der Waals surface area contributed by atoms with E-state index < -0.39 is 0 Å². The van der Waals surface area contributed by atoms with E-state index in [1.165, 1.54) is 5.56 Å². The minimum atomic E-state index is 0.218. The molecule has 1 saturated heterocycles. The highest BCUT2D eigenvalue weighted by Crippen LogP contribution is 2.34. The van der Waals surface area contributed by atoms with Crippen molar-refractivity contribution >= 4 is 17.7 Å². The van der Waals surface area contributed by atoms with Gasteiger partial charge in [0.25, 0.3) is 0 Å². The maximum absolute atomic E-state index is 12.4. The lowest BCUT2D eigenvalue weighted by Gasteiger charge is -2.32. The molecular formula is C19H22N2O2S. The molecule has 2 aromatic rings. The van der Waals surface area contributed by atoms with Crippen LogP contribution in [0.2, 0.25) is 0 Å². The zero-order valence-electron chi connectivity index (χ0n) is 13.9. The van der Waals surface area contributed by atoms with Crippen molar-refractivity contribution in [2.45, 2.75) is 23.7 Å². The molecule has 126 valence electrons. The Morgan fingerprint density at radius 1 is 1.21 bits per heavy atom. The van der Waals surface area contributed by atoms with Gasteiger partial charge >= 0.3 is 0 Å². The molecule has 5 heteroatoms. The fraction of sp³-hybridized carbons (Fsp3) is 0.368. The monoisotopic (exact) mass is 342 g/mol. The van der Waals surface area contributed by atoms with E-state index in [1.54, 1.807) is 31.3 Å². The summed E-state index contributed by atoms with van der Waals surface area (Å²) in [5, 5.41) is 0. The van der Waals surface area contributed by atoms with Gasteiger partial charge in [0.1, 0.15) is 5.75 Å². The smallest absolute Gasteiger partial charge is 0.232 e. The number of piperidine rings is 1.